The summed E-state index contributed by atoms with van der Waals surface area (Å²) < 4.78 is 0. The van der Waals surface area contributed by atoms with Gasteiger partial charge in [0.2, 0.25) is 5.91 Å². The minimum Gasteiger partial charge on any atom is -0.356 e. The van der Waals surface area contributed by atoms with Gasteiger partial charge < -0.3 is 20.0 Å². The summed E-state index contributed by atoms with van der Waals surface area (Å²) in [5.41, 5.74) is 0. The molecule has 0 aromatic heterocycles. The highest BCUT2D eigenvalue weighted by molar-refractivity contribution is 5.85. The zero-order chi connectivity index (χ0) is 20.4. The maximum absolute atomic E-state index is 12.1. The lowest BCUT2D eigenvalue weighted by molar-refractivity contribution is -0.127. The van der Waals surface area contributed by atoms with Crippen molar-refractivity contribution in [1.82, 2.24) is 20.0 Å². The molecular formula is C22H43N5O. The number of nitrogens with zero attached hydrogens (tertiary/aromatic N) is 4. The molecule has 0 spiro atoms. The number of hydrogen-bond acceptors (Lipinski definition) is 3. The highest BCUT2D eigenvalue weighted by Gasteiger charge is 2.27. The number of aliphatic imine (C=N–C) groups is 1. The van der Waals surface area contributed by atoms with Crippen LogP contribution in [0.15, 0.2) is 4.99 Å². The van der Waals surface area contributed by atoms with E-state index >= 15 is 0 Å². The Labute approximate surface area is 172 Å². The quantitative estimate of drug-likeness (QED) is 0.458. The van der Waals surface area contributed by atoms with Crippen LogP contribution in [0.2, 0.25) is 0 Å². The van der Waals surface area contributed by atoms with Crippen molar-refractivity contribution in [3.05, 3.63) is 0 Å². The number of carbonyl (C=O) groups is 1. The number of amides is 1. The number of guanidine groups is 1. The number of carbonyl (C=O) groups excluding carboxylic acids is 1. The molecule has 0 aromatic rings. The highest BCUT2D eigenvalue weighted by atomic mass is 16.2. The van der Waals surface area contributed by atoms with E-state index in [-0.39, 0.29) is 12.5 Å². The molecule has 0 saturated carbocycles. The van der Waals surface area contributed by atoms with Gasteiger partial charge in [0.15, 0.2) is 5.96 Å². The molecule has 2 heterocycles. The molecule has 0 bridgehead atoms. The molecule has 6 heteroatoms. The molecule has 2 unspecified atom stereocenters. The van der Waals surface area contributed by atoms with Crippen LogP contribution in [0.5, 0.6) is 0 Å². The fraction of sp³-hybridized carbons (Fsp3) is 0.909. The van der Waals surface area contributed by atoms with Gasteiger partial charge in [0.1, 0.15) is 6.54 Å². The maximum Gasteiger partial charge on any atom is 0.243 e. The Hall–Kier alpha value is -1.30. The lowest BCUT2D eigenvalue weighted by atomic mass is 9.99. The number of rotatable bonds is 10. The molecular weight excluding hydrogens is 350 g/mol. The second kappa shape index (κ2) is 12.3. The smallest absolute Gasteiger partial charge is 0.243 e. The SMILES string of the molecule is CCCCC(CC)CNC(=NCC(=O)N(C)C)N1CCC(CN2CCCC2)C1. The van der Waals surface area contributed by atoms with Gasteiger partial charge in [-0.2, -0.15) is 0 Å². The Morgan fingerprint density at radius 2 is 1.96 bits per heavy atom. The van der Waals surface area contributed by atoms with Crippen LogP contribution in [0.1, 0.15) is 58.8 Å². The van der Waals surface area contributed by atoms with Gasteiger partial charge in [-0.15, -0.1) is 0 Å². The topological polar surface area (TPSA) is 51.2 Å². The van der Waals surface area contributed by atoms with Crippen LogP contribution in [0.4, 0.5) is 0 Å². The van der Waals surface area contributed by atoms with Gasteiger partial charge in [0, 0.05) is 40.3 Å². The van der Waals surface area contributed by atoms with Crippen molar-refractivity contribution in [3.8, 4) is 0 Å². The van der Waals surface area contributed by atoms with Gasteiger partial charge in [0.25, 0.3) is 0 Å². The minimum absolute atomic E-state index is 0.0603. The molecule has 2 rings (SSSR count). The van der Waals surface area contributed by atoms with Crippen molar-refractivity contribution >= 4 is 11.9 Å². The molecule has 0 radical (unpaired) electrons. The molecule has 2 fully saturated rings. The standard InChI is InChI=1S/C22H43N5O/c1-5-7-10-19(6-2)15-23-22(24-16-21(28)25(3)4)27-14-11-20(18-27)17-26-12-8-9-13-26/h19-20H,5-18H2,1-4H3,(H,23,24). The van der Waals surface area contributed by atoms with Gasteiger partial charge in [-0.05, 0) is 50.6 Å². The van der Waals surface area contributed by atoms with Crippen LogP contribution >= 0.6 is 0 Å². The Morgan fingerprint density at radius 3 is 2.61 bits per heavy atom. The molecule has 2 atom stereocenters. The fourth-order valence-corrected chi connectivity index (χ4v) is 4.23. The second-order valence-corrected chi connectivity index (χ2v) is 8.83. The molecule has 0 aromatic carbocycles. The van der Waals surface area contributed by atoms with Gasteiger partial charge in [-0.25, -0.2) is 4.99 Å². The summed E-state index contributed by atoms with van der Waals surface area (Å²) >= 11 is 0. The van der Waals surface area contributed by atoms with E-state index in [0.29, 0.717) is 5.92 Å². The van der Waals surface area contributed by atoms with Crippen molar-refractivity contribution in [1.29, 1.82) is 0 Å². The fourth-order valence-electron chi connectivity index (χ4n) is 4.23. The third-order valence-electron chi connectivity index (χ3n) is 6.26. The average molecular weight is 394 g/mol. The molecule has 1 amide bonds. The monoisotopic (exact) mass is 393 g/mol. The summed E-state index contributed by atoms with van der Waals surface area (Å²) in [5, 5.41) is 3.62. The summed E-state index contributed by atoms with van der Waals surface area (Å²) in [4.78, 5) is 23.4. The predicted octanol–water partition coefficient (Wildman–Crippen LogP) is 2.65. The third-order valence-corrected chi connectivity index (χ3v) is 6.26. The first-order chi connectivity index (χ1) is 13.5. The van der Waals surface area contributed by atoms with E-state index in [1.54, 1.807) is 19.0 Å². The van der Waals surface area contributed by atoms with E-state index in [1.807, 2.05) is 0 Å². The van der Waals surface area contributed by atoms with E-state index in [2.05, 4.69) is 29.0 Å². The summed E-state index contributed by atoms with van der Waals surface area (Å²) in [5.74, 6) is 2.40. The van der Waals surface area contributed by atoms with Gasteiger partial charge >= 0.3 is 0 Å². The van der Waals surface area contributed by atoms with E-state index in [4.69, 9.17) is 4.99 Å². The van der Waals surface area contributed by atoms with Crippen molar-refractivity contribution in [3.63, 3.8) is 0 Å². The summed E-state index contributed by atoms with van der Waals surface area (Å²) in [6.07, 6.45) is 8.93. The number of likely N-dealkylation sites (N-methyl/N-ethyl adjacent to an activating group) is 1. The summed E-state index contributed by atoms with van der Waals surface area (Å²) in [6.45, 7) is 11.6. The van der Waals surface area contributed by atoms with Crippen LogP contribution in [-0.2, 0) is 4.79 Å². The molecule has 0 aliphatic carbocycles. The molecule has 6 nitrogen and oxygen atoms in total. The number of hydrogen-bond donors (Lipinski definition) is 1. The summed E-state index contributed by atoms with van der Waals surface area (Å²) in [6, 6.07) is 0. The first-order valence-corrected chi connectivity index (χ1v) is 11.5. The highest BCUT2D eigenvalue weighted by Crippen LogP contribution is 2.20. The van der Waals surface area contributed by atoms with E-state index in [0.717, 1.165) is 31.5 Å². The minimum atomic E-state index is 0.0603. The van der Waals surface area contributed by atoms with Crippen molar-refractivity contribution < 1.29 is 4.79 Å². The average Bonchev–Trinajstić information content (AvgIpc) is 3.36. The van der Waals surface area contributed by atoms with Gasteiger partial charge in [-0.3, -0.25) is 4.79 Å². The zero-order valence-corrected chi connectivity index (χ0v) is 18.8. The lowest BCUT2D eigenvalue weighted by Gasteiger charge is -2.25. The van der Waals surface area contributed by atoms with Crippen molar-refractivity contribution in [2.24, 2.45) is 16.8 Å². The Kier molecular flexibility index (Phi) is 10.1. The van der Waals surface area contributed by atoms with E-state index in [1.165, 1.54) is 64.6 Å². The first-order valence-electron chi connectivity index (χ1n) is 11.5. The van der Waals surface area contributed by atoms with E-state index in [9.17, 15) is 4.79 Å². The largest absolute Gasteiger partial charge is 0.356 e. The first kappa shape index (κ1) is 23.0. The Bertz CT molecular complexity index is 487. The second-order valence-electron chi connectivity index (χ2n) is 8.83. The number of likely N-dealkylation sites (tertiary alicyclic amines) is 2. The van der Waals surface area contributed by atoms with Gasteiger partial charge in [-0.1, -0.05) is 33.1 Å². The summed E-state index contributed by atoms with van der Waals surface area (Å²) in [7, 11) is 3.59. The van der Waals surface area contributed by atoms with Crippen LogP contribution in [0.3, 0.4) is 0 Å². The van der Waals surface area contributed by atoms with Crippen LogP contribution in [0, 0.1) is 11.8 Å². The zero-order valence-electron chi connectivity index (χ0n) is 18.8. The molecule has 162 valence electrons. The molecule has 2 aliphatic heterocycles. The van der Waals surface area contributed by atoms with Crippen LogP contribution in [0.25, 0.3) is 0 Å². The normalized spacial score (nSPS) is 21.9. The van der Waals surface area contributed by atoms with Crippen molar-refractivity contribution in [2.45, 2.75) is 58.8 Å². The maximum atomic E-state index is 12.1. The van der Waals surface area contributed by atoms with Crippen LogP contribution in [-0.4, -0.2) is 86.5 Å². The van der Waals surface area contributed by atoms with Crippen molar-refractivity contribution in [2.75, 3.05) is 59.9 Å². The van der Waals surface area contributed by atoms with Crippen LogP contribution < -0.4 is 5.32 Å². The Morgan fingerprint density at radius 1 is 1.21 bits per heavy atom. The Balaban J connectivity index is 1.93. The molecule has 2 saturated heterocycles. The predicted molar refractivity (Wildman–Crippen MR) is 118 cm³/mol. The van der Waals surface area contributed by atoms with Gasteiger partial charge in [0.05, 0.1) is 0 Å². The molecule has 1 N–H and O–H groups in total. The molecule has 2 aliphatic rings. The number of unbranched alkanes of at least 4 members (excludes halogenated alkanes) is 1. The van der Waals surface area contributed by atoms with E-state index < -0.39 is 0 Å². The molecule has 28 heavy (non-hydrogen) atoms. The number of nitrogens with one attached hydrogen (secondary N) is 1. The third kappa shape index (κ3) is 7.61. The lowest BCUT2D eigenvalue weighted by Crippen LogP contribution is -2.43.